The average Bonchev–Trinajstić information content (AvgIpc) is 2.53. The van der Waals surface area contributed by atoms with Gasteiger partial charge in [-0.2, -0.15) is 0 Å². The van der Waals surface area contributed by atoms with Crippen LogP contribution in [0.5, 0.6) is 0 Å². The third-order valence-electron chi connectivity index (χ3n) is 5.66. The smallest absolute Gasteiger partial charge is 0.405 e. The van der Waals surface area contributed by atoms with E-state index in [1.807, 2.05) is 0 Å². The van der Waals surface area contributed by atoms with Crippen molar-refractivity contribution >= 4 is 7.12 Å². The summed E-state index contributed by atoms with van der Waals surface area (Å²) < 4.78 is 12.6. The third kappa shape index (κ3) is 1.42. The van der Waals surface area contributed by atoms with E-state index in [1.54, 1.807) is 0 Å². The van der Waals surface area contributed by atoms with Crippen LogP contribution in [0.4, 0.5) is 0 Å². The Bertz CT molecular complexity index is 347. The zero-order valence-electron chi connectivity index (χ0n) is 12.0. The molecule has 4 atom stereocenters. The fraction of sp³-hybridized carbons (Fsp3) is 1.00. The van der Waals surface area contributed by atoms with Gasteiger partial charge in [0.1, 0.15) is 0 Å². The van der Waals surface area contributed by atoms with Crippen LogP contribution in [0.3, 0.4) is 0 Å². The highest BCUT2D eigenvalue weighted by Gasteiger charge is 2.68. The Labute approximate surface area is 106 Å². The number of hydrogen-bond donors (Lipinski definition) is 0. The van der Waals surface area contributed by atoms with Crippen LogP contribution in [-0.4, -0.2) is 18.8 Å². The Morgan fingerprint density at radius 1 is 1.12 bits per heavy atom. The van der Waals surface area contributed by atoms with E-state index in [-0.39, 0.29) is 18.0 Å². The van der Waals surface area contributed by atoms with Gasteiger partial charge in [0.05, 0.1) is 11.7 Å². The van der Waals surface area contributed by atoms with Gasteiger partial charge in [0, 0.05) is 0 Å². The van der Waals surface area contributed by atoms with Gasteiger partial charge < -0.3 is 9.31 Å². The van der Waals surface area contributed by atoms with Crippen LogP contribution in [0.2, 0.25) is 5.31 Å². The lowest BCUT2D eigenvalue weighted by molar-refractivity contribution is -0.199. The highest BCUT2D eigenvalue weighted by Crippen LogP contribution is 2.66. The predicted octanol–water partition coefficient (Wildman–Crippen LogP) is 3.51. The van der Waals surface area contributed by atoms with Crippen LogP contribution in [0.1, 0.15) is 54.4 Å². The second-order valence-corrected chi connectivity index (χ2v) is 8.17. The van der Waals surface area contributed by atoms with Crippen molar-refractivity contribution in [2.24, 2.45) is 17.3 Å². The van der Waals surface area contributed by atoms with Crippen molar-refractivity contribution in [3.63, 3.8) is 0 Å². The topological polar surface area (TPSA) is 18.5 Å². The van der Waals surface area contributed by atoms with Crippen molar-refractivity contribution in [1.82, 2.24) is 0 Å². The quantitative estimate of drug-likeness (QED) is 0.599. The Kier molecular flexibility index (Phi) is 2.20. The van der Waals surface area contributed by atoms with Gasteiger partial charge in [-0.05, 0) is 42.3 Å². The van der Waals surface area contributed by atoms with Crippen LogP contribution < -0.4 is 0 Å². The number of hydrogen-bond acceptors (Lipinski definition) is 2. The normalized spacial score (nSPS) is 47.6. The van der Waals surface area contributed by atoms with Crippen LogP contribution in [-0.2, 0) is 9.31 Å². The van der Waals surface area contributed by atoms with Gasteiger partial charge in [0.2, 0.25) is 0 Å². The first-order valence-corrected chi connectivity index (χ1v) is 6.99. The van der Waals surface area contributed by atoms with E-state index in [0.717, 1.165) is 5.92 Å². The van der Waals surface area contributed by atoms with E-state index in [1.165, 1.54) is 12.8 Å². The standard InChI is InChI=1S/C14H25BO2/c1-12(2,3)15-16-11-8-9-7-10(13(9,4)5)14(11,6)17-15/h9-11H,7-8H2,1-6H3. The zero-order chi connectivity index (χ0) is 12.6. The van der Waals surface area contributed by atoms with Gasteiger partial charge in [-0.15, -0.1) is 0 Å². The molecule has 0 N–H and O–H groups in total. The molecule has 3 saturated carbocycles. The molecule has 0 aromatic rings. The summed E-state index contributed by atoms with van der Waals surface area (Å²) in [6.45, 7) is 13.7. The summed E-state index contributed by atoms with van der Waals surface area (Å²) >= 11 is 0. The molecule has 4 aliphatic rings. The summed E-state index contributed by atoms with van der Waals surface area (Å²) in [6, 6.07) is 0. The number of rotatable bonds is 0. The second-order valence-electron chi connectivity index (χ2n) is 8.17. The largest absolute Gasteiger partial charge is 0.463 e. The molecule has 0 aromatic carbocycles. The highest BCUT2D eigenvalue weighted by atomic mass is 16.7. The third-order valence-corrected chi connectivity index (χ3v) is 5.66. The maximum atomic E-state index is 6.38. The molecule has 17 heavy (non-hydrogen) atoms. The molecule has 1 heterocycles. The molecule has 0 amide bonds. The van der Waals surface area contributed by atoms with E-state index in [9.17, 15) is 0 Å². The molecule has 1 saturated heterocycles. The molecule has 3 heteroatoms. The lowest BCUT2D eigenvalue weighted by Crippen LogP contribution is -2.65. The second kappa shape index (κ2) is 3.11. The van der Waals surface area contributed by atoms with Gasteiger partial charge >= 0.3 is 7.12 Å². The summed E-state index contributed by atoms with van der Waals surface area (Å²) in [5.41, 5.74) is 0.400. The zero-order valence-corrected chi connectivity index (χ0v) is 12.0. The molecule has 4 fully saturated rings. The molecular weight excluding hydrogens is 211 g/mol. The van der Waals surface area contributed by atoms with Crippen molar-refractivity contribution in [3.8, 4) is 0 Å². The minimum absolute atomic E-state index is 0.0346. The summed E-state index contributed by atoms with van der Waals surface area (Å²) in [5.74, 6) is 1.51. The summed E-state index contributed by atoms with van der Waals surface area (Å²) in [6.07, 6.45) is 2.84. The molecule has 4 rings (SSSR count). The monoisotopic (exact) mass is 236 g/mol. The van der Waals surface area contributed by atoms with Gasteiger partial charge in [0.25, 0.3) is 0 Å². The van der Waals surface area contributed by atoms with Gasteiger partial charge in [-0.3, -0.25) is 0 Å². The van der Waals surface area contributed by atoms with E-state index >= 15 is 0 Å². The predicted molar refractivity (Wildman–Crippen MR) is 69.8 cm³/mol. The highest BCUT2D eigenvalue weighted by molar-refractivity contribution is 6.49. The van der Waals surface area contributed by atoms with Crippen molar-refractivity contribution in [1.29, 1.82) is 0 Å². The fourth-order valence-corrected chi connectivity index (χ4v) is 4.24. The molecular formula is C14H25BO2. The Balaban J connectivity index is 1.87. The molecule has 2 bridgehead atoms. The minimum atomic E-state index is -0.0454. The van der Waals surface area contributed by atoms with E-state index in [4.69, 9.17) is 9.31 Å². The molecule has 1 aliphatic heterocycles. The SMILES string of the molecule is CC(C)(C)B1OC2CC3CC(C3(C)C)C2(C)O1. The summed E-state index contributed by atoms with van der Waals surface area (Å²) in [4.78, 5) is 0. The van der Waals surface area contributed by atoms with Gasteiger partial charge in [0.15, 0.2) is 0 Å². The molecule has 96 valence electrons. The first kappa shape index (κ1) is 12.0. The Morgan fingerprint density at radius 2 is 1.76 bits per heavy atom. The van der Waals surface area contributed by atoms with Crippen molar-refractivity contribution in [2.45, 2.75) is 71.4 Å². The van der Waals surface area contributed by atoms with E-state index in [0.29, 0.717) is 17.4 Å². The lowest BCUT2D eigenvalue weighted by atomic mass is 9.43. The van der Waals surface area contributed by atoms with Crippen LogP contribution in [0.15, 0.2) is 0 Å². The van der Waals surface area contributed by atoms with Gasteiger partial charge in [-0.25, -0.2) is 0 Å². The first-order chi connectivity index (χ1) is 7.65. The molecule has 4 unspecified atom stereocenters. The van der Waals surface area contributed by atoms with Crippen molar-refractivity contribution < 1.29 is 9.31 Å². The molecule has 2 nitrogen and oxygen atoms in total. The summed E-state index contributed by atoms with van der Waals surface area (Å²) in [7, 11) is -0.0346. The average molecular weight is 236 g/mol. The summed E-state index contributed by atoms with van der Waals surface area (Å²) in [5, 5.41) is 0.0783. The maximum Gasteiger partial charge on any atom is 0.463 e. The molecule has 0 aromatic heterocycles. The molecule has 0 radical (unpaired) electrons. The van der Waals surface area contributed by atoms with E-state index in [2.05, 4.69) is 41.5 Å². The van der Waals surface area contributed by atoms with Crippen LogP contribution >= 0.6 is 0 Å². The lowest BCUT2D eigenvalue weighted by Gasteiger charge is -2.64. The van der Waals surface area contributed by atoms with E-state index < -0.39 is 0 Å². The van der Waals surface area contributed by atoms with Crippen LogP contribution in [0.25, 0.3) is 0 Å². The Morgan fingerprint density at radius 3 is 2.29 bits per heavy atom. The van der Waals surface area contributed by atoms with Gasteiger partial charge in [-0.1, -0.05) is 34.6 Å². The van der Waals surface area contributed by atoms with Crippen LogP contribution in [0, 0.1) is 17.3 Å². The molecule has 3 aliphatic carbocycles. The fourth-order valence-electron chi connectivity index (χ4n) is 4.24. The van der Waals surface area contributed by atoms with Crippen molar-refractivity contribution in [3.05, 3.63) is 0 Å². The van der Waals surface area contributed by atoms with Crippen molar-refractivity contribution in [2.75, 3.05) is 0 Å². The molecule has 0 spiro atoms. The Hall–Kier alpha value is -0.0151. The maximum absolute atomic E-state index is 6.38. The first-order valence-electron chi connectivity index (χ1n) is 6.99. The minimum Gasteiger partial charge on any atom is -0.405 e.